The summed E-state index contributed by atoms with van der Waals surface area (Å²) >= 11 is 0. The van der Waals surface area contributed by atoms with Crippen LogP contribution in [0.4, 0.5) is 4.79 Å². The fourth-order valence-electron chi connectivity index (χ4n) is 2.64. The van der Waals surface area contributed by atoms with Crippen LogP contribution in [0.25, 0.3) is 10.9 Å². The molecule has 0 aliphatic carbocycles. The molecule has 20 heavy (non-hydrogen) atoms. The van der Waals surface area contributed by atoms with Gasteiger partial charge in [0.25, 0.3) is 0 Å². The van der Waals surface area contributed by atoms with E-state index in [0.717, 1.165) is 10.9 Å². The van der Waals surface area contributed by atoms with Crippen molar-refractivity contribution in [1.29, 1.82) is 0 Å². The maximum Gasteiger partial charge on any atom is 0.336 e. The van der Waals surface area contributed by atoms with E-state index in [2.05, 4.69) is 10.3 Å². The molecule has 1 unspecified atom stereocenters. The molecule has 1 aromatic heterocycles. The number of hydrogen-bond donors (Lipinski definition) is 2. The predicted octanol–water partition coefficient (Wildman–Crippen LogP) is 1.03. The number of nitrogens with zero attached hydrogens (tertiary/aromatic N) is 1. The fraction of sp³-hybridized carbons (Fsp3) is 0.286. The maximum absolute atomic E-state index is 12.7. The van der Waals surface area contributed by atoms with Gasteiger partial charge in [0.2, 0.25) is 0 Å². The van der Waals surface area contributed by atoms with E-state index in [1.165, 1.54) is 4.90 Å². The monoisotopic (exact) mass is 271 g/mol. The lowest BCUT2D eigenvalue weighted by Gasteiger charge is -2.33. The highest BCUT2D eigenvalue weighted by Crippen LogP contribution is 2.21. The van der Waals surface area contributed by atoms with Crippen LogP contribution in [0.15, 0.2) is 30.5 Å². The number of aromatic nitrogens is 1. The first-order valence-electron chi connectivity index (χ1n) is 6.52. The van der Waals surface area contributed by atoms with Crippen molar-refractivity contribution < 1.29 is 9.59 Å². The minimum absolute atomic E-state index is 0.129. The number of hydrogen-bond acceptors (Lipinski definition) is 3. The molecule has 2 aromatic rings. The quantitative estimate of drug-likeness (QED) is 0.799. The zero-order valence-electron chi connectivity index (χ0n) is 10.8. The van der Waals surface area contributed by atoms with E-state index in [1.54, 1.807) is 6.20 Å². The van der Waals surface area contributed by atoms with Crippen molar-refractivity contribution in [2.24, 2.45) is 0 Å². The number of benzene rings is 1. The second kappa shape index (κ2) is 4.97. The number of piperazine rings is 1. The van der Waals surface area contributed by atoms with Crippen LogP contribution in [0.5, 0.6) is 0 Å². The van der Waals surface area contributed by atoms with Crippen molar-refractivity contribution in [2.75, 3.05) is 19.6 Å². The number of urea groups is 1. The number of H-pyrrole nitrogens is 1. The summed E-state index contributed by atoms with van der Waals surface area (Å²) in [4.78, 5) is 28.4. The molecule has 6 nitrogen and oxygen atoms in total. The third-order valence-corrected chi connectivity index (χ3v) is 3.66. The summed E-state index contributed by atoms with van der Waals surface area (Å²) in [5.41, 5.74) is 8.75. The van der Waals surface area contributed by atoms with E-state index in [1.807, 2.05) is 24.3 Å². The van der Waals surface area contributed by atoms with Gasteiger partial charge in [0, 0.05) is 42.3 Å². The topological polar surface area (TPSA) is 89.0 Å². The Morgan fingerprint density at radius 3 is 2.90 bits per heavy atom. The Hall–Kier alpha value is -2.34. The molecule has 1 aliphatic heterocycles. The summed E-state index contributed by atoms with van der Waals surface area (Å²) in [5, 5.41) is 3.95. The Labute approximate surface area is 115 Å². The SMILES string of the molecule is [NH]C(=O)N1CCNCC1C(=O)c1c[nH]c2ccccc12. The molecule has 0 bridgehead atoms. The number of ketones is 1. The van der Waals surface area contributed by atoms with Crippen molar-refractivity contribution in [1.82, 2.24) is 20.9 Å². The van der Waals surface area contributed by atoms with Crippen LogP contribution in [-0.2, 0) is 0 Å². The Morgan fingerprint density at radius 2 is 2.10 bits per heavy atom. The Balaban J connectivity index is 1.96. The lowest BCUT2D eigenvalue weighted by molar-refractivity contribution is 0.0825. The minimum Gasteiger partial charge on any atom is -0.360 e. The summed E-state index contributed by atoms with van der Waals surface area (Å²) in [6.07, 6.45) is 1.67. The molecule has 2 heterocycles. The molecule has 0 saturated carbocycles. The van der Waals surface area contributed by atoms with E-state index in [-0.39, 0.29) is 5.78 Å². The average molecular weight is 271 g/mol. The second-order valence-corrected chi connectivity index (χ2v) is 4.83. The molecule has 0 spiro atoms. The molecular weight excluding hydrogens is 256 g/mol. The van der Waals surface area contributed by atoms with Gasteiger partial charge in [-0.3, -0.25) is 4.79 Å². The van der Waals surface area contributed by atoms with E-state index in [9.17, 15) is 9.59 Å². The number of para-hydroxylation sites is 1. The van der Waals surface area contributed by atoms with Gasteiger partial charge in [-0.15, -0.1) is 0 Å². The third kappa shape index (κ3) is 2.04. The molecule has 1 radical (unpaired) electrons. The number of carbonyl (C=O) groups excluding carboxylic acids is 2. The molecule has 2 amide bonds. The van der Waals surface area contributed by atoms with Gasteiger partial charge < -0.3 is 15.2 Å². The maximum atomic E-state index is 12.7. The van der Waals surface area contributed by atoms with Crippen LogP contribution >= 0.6 is 0 Å². The Morgan fingerprint density at radius 1 is 1.30 bits per heavy atom. The zero-order chi connectivity index (χ0) is 14.1. The molecule has 1 aromatic carbocycles. The van der Waals surface area contributed by atoms with E-state index in [4.69, 9.17) is 5.73 Å². The van der Waals surface area contributed by atoms with Crippen molar-refractivity contribution in [3.63, 3.8) is 0 Å². The van der Waals surface area contributed by atoms with Crippen LogP contribution < -0.4 is 11.1 Å². The van der Waals surface area contributed by atoms with Crippen LogP contribution in [0, 0.1) is 0 Å². The first-order valence-corrected chi connectivity index (χ1v) is 6.52. The van der Waals surface area contributed by atoms with Crippen molar-refractivity contribution in [3.05, 3.63) is 36.0 Å². The van der Waals surface area contributed by atoms with Gasteiger partial charge in [-0.1, -0.05) is 18.2 Å². The fourth-order valence-corrected chi connectivity index (χ4v) is 2.64. The van der Waals surface area contributed by atoms with Crippen LogP contribution in [0.2, 0.25) is 0 Å². The van der Waals surface area contributed by atoms with Crippen LogP contribution in [-0.4, -0.2) is 47.4 Å². The normalized spacial score (nSPS) is 19.2. The van der Waals surface area contributed by atoms with Crippen molar-refractivity contribution in [2.45, 2.75) is 6.04 Å². The number of amides is 2. The molecular formula is C14H15N4O2. The van der Waals surface area contributed by atoms with Crippen molar-refractivity contribution in [3.8, 4) is 0 Å². The van der Waals surface area contributed by atoms with Crippen LogP contribution in [0.1, 0.15) is 10.4 Å². The minimum atomic E-state index is -0.801. The average Bonchev–Trinajstić information content (AvgIpc) is 2.90. The van der Waals surface area contributed by atoms with E-state index in [0.29, 0.717) is 25.2 Å². The number of fused-ring (bicyclic) bond motifs is 1. The van der Waals surface area contributed by atoms with Gasteiger partial charge in [-0.25, -0.2) is 10.5 Å². The third-order valence-electron chi connectivity index (χ3n) is 3.66. The lowest BCUT2D eigenvalue weighted by atomic mass is 10.0. The standard InChI is InChI=1S/C14H15N4O2/c15-14(20)18-6-5-16-8-12(18)13(19)10-7-17-11-4-2-1-3-9(10)11/h1-4,7,12,15-17H,5-6,8H2. The summed E-state index contributed by atoms with van der Waals surface area (Å²) in [5.74, 6) is -0.129. The largest absolute Gasteiger partial charge is 0.360 e. The molecule has 1 aliphatic rings. The molecule has 1 saturated heterocycles. The molecule has 1 atom stereocenters. The van der Waals surface area contributed by atoms with Gasteiger partial charge in [-0.2, -0.15) is 0 Å². The summed E-state index contributed by atoms with van der Waals surface area (Å²) < 4.78 is 0. The summed E-state index contributed by atoms with van der Waals surface area (Å²) in [6.45, 7) is 1.40. The summed E-state index contributed by atoms with van der Waals surface area (Å²) in [7, 11) is 0. The van der Waals surface area contributed by atoms with Gasteiger partial charge in [0.05, 0.1) is 0 Å². The van der Waals surface area contributed by atoms with Gasteiger partial charge in [0.15, 0.2) is 5.78 Å². The van der Waals surface area contributed by atoms with Gasteiger partial charge in [0.1, 0.15) is 6.04 Å². The molecule has 3 N–H and O–H groups in total. The Kier molecular flexibility index (Phi) is 3.15. The molecule has 103 valence electrons. The van der Waals surface area contributed by atoms with Gasteiger partial charge in [-0.05, 0) is 6.07 Å². The number of Topliss-reactive ketones (excluding diaryl/α,β-unsaturated/α-hetero) is 1. The summed E-state index contributed by atoms with van der Waals surface area (Å²) in [6, 6.07) is 6.15. The highest BCUT2D eigenvalue weighted by molar-refractivity contribution is 6.11. The number of nitrogens with one attached hydrogen (secondary N) is 3. The van der Waals surface area contributed by atoms with E-state index < -0.39 is 12.1 Å². The number of carbonyl (C=O) groups is 2. The zero-order valence-corrected chi connectivity index (χ0v) is 10.8. The molecule has 3 rings (SSSR count). The Bertz CT molecular complexity index is 664. The smallest absolute Gasteiger partial charge is 0.336 e. The molecule has 6 heteroatoms. The second-order valence-electron chi connectivity index (χ2n) is 4.83. The van der Waals surface area contributed by atoms with Crippen LogP contribution in [0.3, 0.4) is 0 Å². The predicted molar refractivity (Wildman–Crippen MR) is 74.5 cm³/mol. The van der Waals surface area contributed by atoms with E-state index >= 15 is 0 Å². The molecule has 1 fully saturated rings. The number of aromatic amines is 1. The first kappa shape index (κ1) is 12.7. The number of rotatable bonds is 2. The lowest BCUT2D eigenvalue weighted by Crippen LogP contribution is -2.56. The van der Waals surface area contributed by atoms with Gasteiger partial charge >= 0.3 is 6.03 Å². The highest BCUT2D eigenvalue weighted by Gasteiger charge is 2.32. The first-order chi connectivity index (χ1) is 9.68. The highest BCUT2D eigenvalue weighted by atomic mass is 16.2. The van der Waals surface area contributed by atoms with Crippen molar-refractivity contribution >= 4 is 22.7 Å².